The van der Waals surface area contributed by atoms with Crippen molar-refractivity contribution in [3.05, 3.63) is 0 Å². The molecule has 2 amide bonds. The molecule has 4 nitrogen and oxygen atoms in total. The Morgan fingerprint density at radius 3 is 2.18 bits per heavy atom. The highest BCUT2D eigenvalue weighted by molar-refractivity contribution is 6.06. The number of rotatable bonds is 2. The lowest BCUT2D eigenvalue weighted by Crippen LogP contribution is -2.46. The summed E-state index contributed by atoms with van der Waals surface area (Å²) in [5.41, 5.74) is -0.794. The Hall–Kier alpha value is -1.37. The number of hydrogen-bond donors (Lipinski definition) is 0. The monoisotopic (exact) mass is 232 g/mol. The third-order valence-electron chi connectivity index (χ3n) is 4.81. The van der Waals surface area contributed by atoms with E-state index in [1.165, 1.54) is 4.90 Å². The minimum atomic E-state index is -0.430. The molecule has 90 valence electrons. The first kappa shape index (κ1) is 10.8. The lowest BCUT2D eigenvalue weighted by molar-refractivity contribution is -0.145. The number of carbonyl (C=O) groups excluding carboxylic acids is 2. The maximum absolute atomic E-state index is 12.2. The van der Waals surface area contributed by atoms with Gasteiger partial charge in [-0.1, -0.05) is 12.8 Å². The fourth-order valence-electron chi connectivity index (χ4n) is 3.23. The summed E-state index contributed by atoms with van der Waals surface area (Å²) in [4.78, 5) is 25.5. The van der Waals surface area contributed by atoms with Gasteiger partial charge in [-0.25, -0.2) is 0 Å². The third-order valence-corrected chi connectivity index (χ3v) is 4.81. The van der Waals surface area contributed by atoms with Crippen LogP contribution in [0.4, 0.5) is 0 Å². The molecular weight excluding hydrogens is 216 g/mol. The van der Waals surface area contributed by atoms with Gasteiger partial charge >= 0.3 is 0 Å². The van der Waals surface area contributed by atoms with E-state index in [4.69, 9.17) is 0 Å². The topological polar surface area (TPSA) is 61.2 Å². The van der Waals surface area contributed by atoms with E-state index in [0.29, 0.717) is 13.0 Å². The Morgan fingerprint density at radius 2 is 1.82 bits per heavy atom. The second-order valence-electron chi connectivity index (χ2n) is 5.84. The molecule has 0 aromatic heterocycles. The van der Waals surface area contributed by atoms with Crippen LogP contribution in [0, 0.1) is 22.2 Å². The number of likely N-dealkylation sites (tertiary alicyclic amines) is 1. The van der Waals surface area contributed by atoms with Crippen molar-refractivity contribution in [1.82, 2.24) is 4.90 Å². The Balaban J connectivity index is 1.78. The Kier molecular flexibility index (Phi) is 2.10. The van der Waals surface area contributed by atoms with E-state index in [1.54, 1.807) is 0 Å². The third kappa shape index (κ3) is 1.35. The smallest absolute Gasteiger partial charge is 0.235 e. The van der Waals surface area contributed by atoms with E-state index in [9.17, 15) is 14.9 Å². The molecule has 0 bridgehead atoms. The minimum absolute atomic E-state index is 0.00438. The van der Waals surface area contributed by atoms with Crippen LogP contribution in [0.15, 0.2) is 0 Å². The summed E-state index contributed by atoms with van der Waals surface area (Å²) in [5, 5.41) is 9.17. The van der Waals surface area contributed by atoms with Crippen molar-refractivity contribution < 1.29 is 9.59 Å². The summed E-state index contributed by atoms with van der Waals surface area (Å²) in [7, 11) is 0. The number of nitrogens with zero attached hydrogens (tertiary/aromatic N) is 2. The molecule has 0 radical (unpaired) electrons. The maximum Gasteiger partial charge on any atom is 0.235 e. The van der Waals surface area contributed by atoms with Crippen molar-refractivity contribution in [2.45, 2.75) is 44.9 Å². The molecule has 3 rings (SSSR count). The van der Waals surface area contributed by atoms with E-state index >= 15 is 0 Å². The minimum Gasteiger partial charge on any atom is -0.280 e. The average molecular weight is 232 g/mol. The van der Waals surface area contributed by atoms with E-state index in [-0.39, 0.29) is 17.2 Å². The second-order valence-corrected chi connectivity index (χ2v) is 5.84. The molecule has 4 heteroatoms. The quantitative estimate of drug-likeness (QED) is 0.679. The number of nitriles is 1. The van der Waals surface area contributed by atoms with Crippen LogP contribution in [0.25, 0.3) is 0 Å². The van der Waals surface area contributed by atoms with Crippen LogP contribution in [0.2, 0.25) is 0 Å². The summed E-state index contributed by atoms with van der Waals surface area (Å²) >= 11 is 0. The molecule has 0 aromatic carbocycles. The van der Waals surface area contributed by atoms with E-state index in [2.05, 4.69) is 6.07 Å². The molecule has 0 aromatic rings. The first-order chi connectivity index (χ1) is 8.11. The van der Waals surface area contributed by atoms with E-state index < -0.39 is 5.41 Å². The van der Waals surface area contributed by atoms with Gasteiger partial charge in [-0.2, -0.15) is 5.26 Å². The highest BCUT2D eigenvalue weighted by atomic mass is 16.2. The molecule has 3 aliphatic rings. The van der Waals surface area contributed by atoms with Crippen molar-refractivity contribution in [3.8, 4) is 6.07 Å². The van der Waals surface area contributed by atoms with Gasteiger partial charge in [0.2, 0.25) is 11.8 Å². The number of hydrogen-bond acceptors (Lipinski definition) is 3. The highest BCUT2D eigenvalue weighted by Gasteiger charge is 2.56. The summed E-state index contributed by atoms with van der Waals surface area (Å²) in [6.45, 7) is 0.336. The van der Waals surface area contributed by atoms with Crippen LogP contribution in [0.1, 0.15) is 44.9 Å². The van der Waals surface area contributed by atoms with Gasteiger partial charge in [0.05, 0.1) is 16.9 Å². The van der Waals surface area contributed by atoms with Gasteiger partial charge in [-0.15, -0.1) is 0 Å². The molecule has 0 N–H and O–H groups in total. The first-order valence-electron chi connectivity index (χ1n) is 6.37. The van der Waals surface area contributed by atoms with Gasteiger partial charge in [0.15, 0.2) is 0 Å². The van der Waals surface area contributed by atoms with Gasteiger partial charge in [-0.3, -0.25) is 14.5 Å². The fraction of sp³-hybridized carbons (Fsp3) is 0.769. The fourth-order valence-corrected chi connectivity index (χ4v) is 3.23. The molecule has 1 spiro atoms. The number of imide groups is 1. The molecule has 1 aliphatic heterocycles. The largest absolute Gasteiger partial charge is 0.280 e. The molecule has 17 heavy (non-hydrogen) atoms. The number of amides is 2. The summed E-state index contributed by atoms with van der Waals surface area (Å²) in [6.07, 6.45) is 5.83. The van der Waals surface area contributed by atoms with E-state index in [1.807, 2.05) is 0 Å². The standard InChI is InChI=1S/C13H16N2O2/c14-8-12(3-1-4-12)9-15-10(16)7-13(11(15)17)5-2-6-13/h1-7,9H2. The van der Waals surface area contributed by atoms with Gasteiger partial charge in [0.25, 0.3) is 0 Å². The van der Waals surface area contributed by atoms with Gasteiger partial charge in [0.1, 0.15) is 0 Å². The van der Waals surface area contributed by atoms with Gasteiger partial charge in [-0.05, 0) is 25.7 Å². The summed E-state index contributed by atoms with van der Waals surface area (Å²) in [5.74, 6) is -0.0634. The normalized spacial score (nSPS) is 28.8. The average Bonchev–Trinajstić information content (AvgIpc) is 2.46. The van der Waals surface area contributed by atoms with Crippen LogP contribution < -0.4 is 0 Å². The lowest BCUT2D eigenvalue weighted by atomic mass is 9.67. The Labute approximate surface area is 101 Å². The predicted molar refractivity (Wildman–Crippen MR) is 59.5 cm³/mol. The van der Waals surface area contributed by atoms with Crippen molar-refractivity contribution in [1.29, 1.82) is 5.26 Å². The van der Waals surface area contributed by atoms with Gasteiger partial charge < -0.3 is 0 Å². The zero-order valence-electron chi connectivity index (χ0n) is 9.87. The van der Waals surface area contributed by atoms with Gasteiger partial charge in [0, 0.05) is 13.0 Å². The van der Waals surface area contributed by atoms with Crippen molar-refractivity contribution in [2.24, 2.45) is 10.8 Å². The number of carbonyl (C=O) groups is 2. The maximum atomic E-state index is 12.2. The summed E-state index contributed by atoms with van der Waals surface area (Å²) in [6, 6.07) is 2.30. The lowest BCUT2D eigenvalue weighted by Gasteiger charge is -2.39. The predicted octanol–water partition coefficient (Wildman–Crippen LogP) is 1.61. The van der Waals surface area contributed by atoms with Crippen LogP contribution in [-0.4, -0.2) is 23.3 Å². The molecule has 0 unspecified atom stereocenters. The molecular formula is C13H16N2O2. The first-order valence-corrected chi connectivity index (χ1v) is 6.37. The Bertz CT molecular complexity index is 427. The molecule has 0 atom stereocenters. The van der Waals surface area contributed by atoms with E-state index in [0.717, 1.165) is 38.5 Å². The molecule has 1 saturated heterocycles. The van der Waals surface area contributed by atoms with Crippen LogP contribution >= 0.6 is 0 Å². The zero-order chi connectivity index (χ0) is 12.1. The van der Waals surface area contributed by atoms with Crippen LogP contribution in [-0.2, 0) is 9.59 Å². The Morgan fingerprint density at radius 1 is 1.18 bits per heavy atom. The summed E-state index contributed by atoms with van der Waals surface area (Å²) < 4.78 is 0. The van der Waals surface area contributed by atoms with Crippen LogP contribution in [0.5, 0.6) is 0 Å². The van der Waals surface area contributed by atoms with Crippen molar-refractivity contribution >= 4 is 11.8 Å². The van der Waals surface area contributed by atoms with Crippen LogP contribution in [0.3, 0.4) is 0 Å². The molecule has 2 saturated carbocycles. The second kappa shape index (κ2) is 3.32. The zero-order valence-corrected chi connectivity index (χ0v) is 9.87. The van der Waals surface area contributed by atoms with Crippen molar-refractivity contribution in [2.75, 3.05) is 6.54 Å². The molecule has 2 aliphatic carbocycles. The molecule has 3 fully saturated rings. The van der Waals surface area contributed by atoms with Crippen molar-refractivity contribution in [3.63, 3.8) is 0 Å². The SMILES string of the molecule is N#CC1(CN2C(=O)CC3(CCC3)C2=O)CCC1. The highest BCUT2D eigenvalue weighted by Crippen LogP contribution is 2.51. The molecule has 1 heterocycles.